The zero-order chi connectivity index (χ0) is 24.0. The molecule has 0 saturated heterocycles. The topological polar surface area (TPSA) is 89.4 Å². The summed E-state index contributed by atoms with van der Waals surface area (Å²) in [5, 5.41) is 26.5. The zero-order valence-electron chi connectivity index (χ0n) is 19.9. The fraction of sp³-hybridized carbons (Fsp3) is 0.333. The van der Waals surface area contributed by atoms with Gasteiger partial charge in [-0.1, -0.05) is 44.9 Å². The molecule has 0 amide bonds. The molecule has 0 N–H and O–H groups in total. The molecule has 1 aromatic heterocycles. The summed E-state index contributed by atoms with van der Waals surface area (Å²) in [6.07, 6.45) is 5.74. The summed E-state index contributed by atoms with van der Waals surface area (Å²) in [5.74, 6) is 0.500. The number of nitrogens with zero attached hydrogens (tertiary/aromatic N) is 7. The summed E-state index contributed by atoms with van der Waals surface area (Å²) >= 11 is 0. The molecular weight excluding hydrogens is 422 g/mol. The Morgan fingerprint density at radius 3 is 2.12 bits per heavy atom. The predicted molar refractivity (Wildman–Crippen MR) is 136 cm³/mol. The Hall–Kier alpha value is -3.92. The first-order valence-corrected chi connectivity index (χ1v) is 11.8. The number of azo groups is 2. The van der Waals surface area contributed by atoms with Gasteiger partial charge in [0.25, 0.3) is 0 Å². The second-order valence-corrected chi connectivity index (χ2v) is 7.94. The van der Waals surface area contributed by atoms with E-state index in [1.54, 1.807) is 24.4 Å². The number of rotatable bonds is 12. The molecule has 3 rings (SSSR count). The van der Waals surface area contributed by atoms with Crippen molar-refractivity contribution in [1.82, 2.24) is 4.98 Å². The van der Waals surface area contributed by atoms with Crippen molar-refractivity contribution < 1.29 is 0 Å². The molecule has 34 heavy (non-hydrogen) atoms. The summed E-state index contributed by atoms with van der Waals surface area (Å²) < 4.78 is 0. The highest BCUT2D eigenvalue weighted by Gasteiger charge is 2.10. The lowest BCUT2D eigenvalue weighted by molar-refractivity contribution is 0.677. The number of hydrogen-bond donors (Lipinski definition) is 0. The van der Waals surface area contributed by atoms with Crippen LogP contribution in [0, 0.1) is 11.3 Å². The molecule has 0 spiro atoms. The Balaban J connectivity index is 1.79. The van der Waals surface area contributed by atoms with E-state index < -0.39 is 6.17 Å². The Morgan fingerprint density at radius 1 is 0.853 bits per heavy atom. The van der Waals surface area contributed by atoms with Crippen LogP contribution in [0.25, 0.3) is 0 Å². The van der Waals surface area contributed by atoms with Crippen molar-refractivity contribution in [2.75, 3.05) is 18.0 Å². The molecule has 1 unspecified atom stereocenters. The number of aromatic nitrogens is 1. The van der Waals surface area contributed by atoms with Gasteiger partial charge in [-0.15, -0.1) is 5.11 Å². The van der Waals surface area contributed by atoms with Gasteiger partial charge >= 0.3 is 0 Å². The van der Waals surface area contributed by atoms with Gasteiger partial charge in [0.2, 0.25) is 6.17 Å². The lowest BCUT2D eigenvalue weighted by atomic mass is 10.1. The van der Waals surface area contributed by atoms with Crippen LogP contribution in [0.2, 0.25) is 0 Å². The number of benzene rings is 2. The van der Waals surface area contributed by atoms with Crippen LogP contribution in [0.15, 0.2) is 93.4 Å². The third-order valence-electron chi connectivity index (χ3n) is 5.32. The highest BCUT2D eigenvalue weighted by atomic mass is 15.3. The molecule has 0 aliphatic rings. The van der Waals surface area contributed by atoms with Gasteiger partial charge in [-0.05, 0) is 61.4 Å². The molecule has 0 aliphatic heterocycles. The lowest BCUT2D eigenvalue weighted by Gasteiger charge is -2.24. The summed E-state index contributed by atoms with van der Waals surface area (Å²) in [6, 6.07) is 22.9. The van der Waals surface area contributed by atoms with Gasteiger partial charge in [-0.25, -0.2) is 4.98 Å². The summed E-state index contributed by atoms with van der Waals surface area (Å²) in [5.41, 5.74) is 3.33. The molecule has 1 atom stereocenters. The van der Waals surface area contributed by atoms with Crippen LogP contribution in [0.1, 0.15) is 56.8 Å². The van der Waals surface area contributed by atoms with E-state index in [0.29, 0.717) is 11.4 Å². The molecular formula is C27H31N7. The molecule has 3 aromatic rings. The van der Waals surface area contributed by atoms with Crippen molar-refractivity contribution in [1.29, 1.82) is 5.26 Å². The quantitative estimate of drug-likeness (QED) is 0.261. The van der Waals surface area contributed by atoms with Crippen LogP contribution >= 0.6 is 0 Å². The van der Waals surface area contributed by atoms with Crippen LogP contribution in [-0.2, 0) is 0 Å². The number of anilines is 1. The maximum Gasteiger partial charge on any atom is 0.206 e. The number of pyridine rings is 1. The minimum absolute atomic E-state index is 0.500. The Bertz CT molecular complexity index is 1080. The largest absolute Gasteiger partial charge is 0.372 e. The molecule has 0 bridgehead atoms. The normalized spacial score (nSPS) is 12.1. The van der Waals surface area contributed by atoms with Crippen molar-refractivity contribution in [2.24, 2.45) is 20.5 Å². The summed E-state index contributed by atoms with van der Waals surface area (Å²) in [7, 11) is 0. The van der Waals surface area contributed by atoms with Crippen molar-refractivity contribution in [3.8, 4) is 6.07 Å². The van der Waals surface area contributed by atoms with Gasteiger partial charge in [-0.3, -0.25) is 0 Å². The van der Waals surface area contributed by atoms with E-state index >= 15 is 0 Å². The molecule has 0 saturated carbocycles. The standard InChI is InChI=1S/C27H31N7/c1-3-5-19-34(20-6-4-2)25-16-14-24(15-17-25)30-32-27(23-12-10-22(21-28)11-13-23)33-31-26-9-7-8-18-29-26/h7-18,27H,3-6,19-20H2,1-2H3. The SMILES string of the molecule is CCCCN(CCCC)c1ccc(N=NC(N=Nc2ccccn2)c2ccc(C#N)cc2)cc1. The monoisotopic (exact) mass is 453 g/mol. The molecule has 2 aromatic carbocycles. The maximum absolute atomic E-state index is 9.08. The molecule has 7 heteroatoms. The van der Waals surface area contributed by atoms with E-state index in [-0.39, 0.29) is 0 Å². The zero-order valence-corrected chi connectivity index (χ0v) is 19.9. The average molecular weight is 454 g/mol. The minimum atomic E-state index is -0.639. The molecule has 1 heterocycles. The second-order valence-electron chi connectivity index (χ2n) is 7.94. The van der Waals surface area contributed by atoms with Gasteiger partial charge < -0.3 is 4.90 Å². The van der Waals surface area contributed by atoms with Crippen molar-refractivity contribution in [3.63, 3.8) is 0 Å². The fourth-order valence-electron chi connectivity index (χ4n) is 3.33. The van der Waals surface area contributed by atoms with Crippen LogP contribution in [0.5, 0.6) is 0 Å². The van der Waals surface area contributed by atoms with E-state index in [9.17, 15) is 0 Å². The van der Waals surface area contributed by atoms with Gasteiger partial charge in [0.15, 0.2) is 5.82 Å². The van der Waals surface area contributed by atoms with Gasteiger partial charge in [0.05, 0.1) is 17.3 Å². The lowest BCUT2D eigenvalue weighted by Crippen LogP contribution is -2.25. The van der Waals surface area contributed by atoms with Crippen molar-refractivity contribution in [2.45, 2.75) is 45.7 Å². The smallest absolute Gasteiger partial charge is 0.206 e. The summed E-state index contributed by atoms with van der Waals surface area (Å²) in [6.45, 7) is 6.56. The first-order valence-electron chi connectivity index (χ1n) is 11.8. The van der Waals surface area contributed by atoms with Crippen LogP contribution in [0.3, 0.4) is 0 Å². The van der Waals surface area contributed by atoms with Gasteiger partial charge in [0, 0.05) is 30.5 Å². The predicted octanol–water partition coefficient (Wildman–Crippen LogP) is 7.93. The Labute approximate surface area is 201 Å². The fourth-order valence-corrected chi connectivity index (χ4v) is 3.33. The maximum atomic E-state index is 9.08. The number of hydrogen-bond acceptors (Lipinski definition) is 7. The third kappa shape index (κ3) is 7.59. The molecule has 0 radical (unpaired) electrons. The van der Waals surface area contributed by atoms with Gasteiger partial charge in [0.1, 0.15) is 0 Å². The molecule has 0 fully saturated rings. The van der Waals surface area contributed by atoms with E-state index in [0.717, 1.165) is 24.3 Å². The highest BCUT2D eigenvalue weighted by Crippen LogP contribution is 2.26. The first-order chi connectivity index (χ1) is 16.7. The van der Waals surface area contributed by atoms with Gasteiger partial charge in [-0.2, -0.15) is 20.6 Å². The second kappa shape index (κ2) is 13.6. The van der Waals surface area contributed by atoms with E-state index in [4.69, 9.17) is 5.26 Å². The molecule has 174 valence electrons. The Kier molecular flexibility index (Phi) is 9.88. The number of nitriles is 1. The highest BCUT2D eigenvalue weighted by molar-refractivity contribution is 5.52. The van der Waals surface area contributed by atoms with E-state index in [1.807, 2.05) is 36.4 Å². The third-order valence-corrected chi connectivity index (χ3v) is 5.32. The van der Waals surface area contributed by atoms with E-state index in [1.165, 1.54) is 31.4 Å². The van der Waals surface area contributed by atoms with Crippen LogP contribution < -0.4 is 4.90 Å². The van der Waals surface area contributed by atoms with Crippen molar-refractivity contribution in [3.05, 3.63) is 84.1 Å². The molecule has 0 aliphatic carbocycles. The summed E-state index contributed by atoms with van der Waals surface area (Å²) in [4.78, 5) is 6.62. The van der Waals surface area contributed by atoms with Crippen molar-refractivity contribution >= 4 is 17.2 Å². The molecule has 7 nitrogen and oxygen atoms in total. The van der Waals surface area contributed by atoms with E-state index in [2.05, 4.69) is 62.4 Å². The average Bonchev–Trinajstić information content (AvgIpc) is 2.90. The number of unbranched alkanes of at least 4 members (excludes halogenated alkanes) is 2. The first kappa shape index (κ1) is 24.7. The Morgan fingerprint density at radius 2 is 1.53 bits per heavy atom. The van der Waals surface area contributed by atoms with Crippen LogP contribution in [0.4, 0.5) is 17.2 Å². The minimum Gasteiger partial charge on any atom is -0.372 e. The van der Waals surface area contributed by atoms with Crippen LogP contribution in [-0.4, -0.2) is 18.1 Å².